The van der Waals surface area contributed by atoms with Gasteiger partial charge in [-0.05, 0) is 13.0 Å². The van der Waals surface area contributed by atoms with Crippen LogP contribution in [0.4, 0.5) is 12.9 Å². The summed E-state index contributed by atoms with van der Waals surface area (Å²) >= 11 is 0. The largest absolute Gasteiger partial charge is 1.00 e. The fourth-order valence-corrected chi connectivity index (χ4v) is 1.07. The molecule has 1 rings (SSSR count). The van der Waals surface area contributed by atoms with Crippen molar-refractivity contribution in [2.24, 2.45) is 0 Å². The van der Waals surface area contributed by atoms with Gasteiger partial charge in [0.25, 0.3) is 0 Å². The average Bonchev–Trinajstić information content (AvgIpc) is 2.01. The third kappa shape index (κ3) is 3.75. The second-order valence-electron chi connectivity index (χ2n) is 2.82. The molecule has 0 saturated carbocycles. The predicted octanol–water partition coefficient (Wildman–Crippen LogP) is -1.07. The van der Waals surface area contributed by atoms with Gasteiger partial charge in [0.2, 0.25) is 0 Å². The van der Waals surface area contributed by atoms with E-state index in [-0.39, 0.29) is 56.9 Å². The fraction of sp³-hybridized carbons (Fsp3) is 0.125. The maximum atomic E-state index is 12.2. The van der Waals surface area contributed by atoms with Crippen LogP contribution in [0, 0.1) is 18.3 Å². The quantitative estimate of drug-likeness (QED) is 0.556. The van der Waals surface area contributed by atoms with Gasteiger partial charge in [-0.2, -0.15) is 5.26 Å². The molecule has 0 unspecified atom stereocenters. The summed E-state index contributed by atoms with van der Waals surface area (Å²) in [5, 5.41) is 8.44. The van der Waals surface area contributed by atoms with E-state index < -0.39 is 12.4 Å². The molecule has 0 atom stereocenters. The molecule has 68 valence electrons. The van der Waals surface area contributed by atoms with Crippen LogP contribution in [0.5, 0.6) is 0 Å². The Morgan fingerprint density at radius 1 is 1.21 bits per heavy atom. The molecule has 0 fully saturated rings. The summed E-state index contributed by atoms with van der Waals surface area (Å²) in [5.41, 5.74) is -0.209. The van der Waals surface area contributed by atoms with Gasteiger partial charge in [0, 0.05) is 5.56 Å². The van der Waals surface area contributed by atoms with Crippen LogP contribution in [-0.4, -0.2) is 6.98 Å². The van der Waals surface area contributed by atoms with Gasteiger partial charge in [0.05, 0.1) is 6.07 Å². The van der Waals surface area contributed by atoms with Crippen LogP contribution in [0.3, 0.4) is 0 Å². The van der Waals surface area contributed by atoms with E-state index in [2.05, 4.69) is 0 Å². The predicted molar refractivity (Wildman–Crippen MR) is 44.6 cm³/mol. The van der Waals surface area contributed by atoms with Crippen molar-refractivity contribution in [2.75, 3.05) is 0 Å². The number of hydrogen-bond acceptors (Lipinski definition) is 1. The molecule has 0 spiro atoms. The van der Waals surface area contributed by atoms with E-state index in [1.807, 2.05) is 0 Å². The Morgan fingerprint density at radius 2 is 1.79 bits per heavy atom. The van der Waals surface area contributed by atoms with E-state index in [0.717, 1.165) is 12.1 Å². The van der Waals surface area contributed by atoms with Gasteiger partial charge >= 0.3 is 58.4 Å². The first kappa shape index (κ1) is 14.2. The van der Waals surface area contributed by atoms with Crippen LogP contribution in [0.25, 0.3) is 0 Å². The number of halogens is 3. The van der Waals surface area contributed by atoms with Crippen molar-refractivity contribution in [3.05, 3.63) is 29.3 Å². The molecule has 0 bridgehead atoms. The molecule has 1 aromatic rings. The first-order valence-electron chi connectivity index (χ1n) is 3.65. The monoisotopic (exact) mass is 223 g/mol. The van der Waals surface area contributed by atoms with Crippen LogP contribution in [0.1, 0.15) is 11.1 Å². The van der Waals surface area contributed by atoms with Gasteiger partial charge in [-0.25, -0.2) is 0 Å². The van der Waals surface area contributed by atoms with Crippen LogP contribution >= 0.6 is 0 Å². The van der Waals surface area contributed by atoms with Crippen molar-refractivity contribution in [1.82, 2.24) is 0 Å². The number of hydrogen-bond donors (Lipinski definition) is 0. The van der Waals surface area contributed by atoms with Crippen LogP contribution in [0.2, 0.25) is 0 Å². The summed E-state index contributed by atoms with van der Waals surface area (Å²) in [5.74, 6) is 0. The van der Waals surface area contributed by atoms with Crippen molar-refractivity contribution in [3.8, 4) is 6.07 Å². The zero-order valence-electron chi connectivity index (χ0n) is 7.89. The Balaban J connectivity index is 0.00000169. The smallest absolute Gasteiger partial charge is 0.445 e. The van der Waals surface area contributed by atoms with Crippen LogP contribution < -0.4 is 56.8 Å². The zero-order chi connectivity index (χ0) is 10.1. The van der Waals surface area contributed by atoms with E-state index in [1.165, 1.54) is 13.0 Å². The second-order valence-corrected chi connectivity index (χ2v) is 2.82. The van der Waals surface area contributed by atoms with Crippen LogP contribution in [-0.2, 0) is 0 Å². The van der Waals surface area contributed by atoms with Gasteiger partial charge < -0.3 is 12.9 Å². The Morgan fingerprint density at radius 3 is 2.21 bits per heavy atom. The number of nitriles is 1. The van der Waals surface area contributed by atoms with Crippen molar-refractivity contribution >= 4 is 12.4 Å². The second kappa shape index (κ2) is 5.33. The molecular formula is C8H6BF3KN. The first-order chi connectivity index (χ1) is 5.93. The summed E-state index contributed by atoms with van der Waals surface area (Å²) in [4.78, 5) is 0. The number of rotatable bonds is 1. The van der Waals surface area contributed by atoms with E-state index >= 15 is 0 Å². The molecule has 6 heteroatoms. The van der Waals surface area contributed by atoms with Crippen molar-refractivity contribution in [2.45, 2.75) is 6.92 Å². The third-order valence-corrected chi connectivity index (χ3v) is 1.61. The molecule has 0 aromatic heterocycles. The Bertz CT molecular complexity index is 370. The molecule has 0 heterocycles. The molecule has 0 aliphatic carbocycles. The number of nitrogens with zero attached hydrogens (tertiary/aromatic N) is 1. The fourth-order valence-electron chi connectivity index (χ4n) is 1.07. The maximum Gasteiger partial charge on any atom is 1.00 e. The Hall–Kier alpha value is 0.201. The van der Waals surface area contributed by atoms with E-state index in [1.54, 1.807) is 6.07 Å². The number of aryl methyl sites for hydroxylation is 1. The molecule has 0 aliphatic heterocycles. The van der Waals surface area contributed by atoms with Crippen molar-refractivity contribution in [3.63, 3.8) is 0 Å². The average molecular weight is 223 g/mol. The molecule has 0 aliphatic rings. The molecule has 0 saturated heterocycles. The summed E-state index contributed by atoms with van der Waals surface area (Å²) in [6.07, 6.45) is 0. The van der Waals surface area contributed by atoms with E-state index in [0.29, 0.717) is 5.56 Å². The molecule has 0 N–H and O–H groups in total. The van der Waals surface area contributed by atoms with Crippen molar-refractivity contribution < 1.29 is 64.3 Å². The summed E-state index contributed by atoms with van der Waals surface area (Å²) in [6, 6.07) is 5.02. The molecule has 0 amide bonds. The van der Waals surface area contributed by atoms with E-state index in [4.69, 9.17) is 5.26 Å². The molecule has 14 heavy (non-hydrogen) atoms. The minimum Gasteiger partial charge on any atom is -0.445 e. The minimum absolute atomic E-state index is 0. The molecule has 1 aromatic carbocycles. The van der Waals surface area contributed by atoms with Gasteiger partial charge in [0.15, 0.2) is 0 Å². The van der Waals surface area contributed by atoms with Gasteiger partial charge in [0.1, 0.15) is 0 Å². The van der Waals surface area contributed by atoms with E-state index in [9.17, 15) is 12.9 Å². The number of benzene rings is 1. The normalized spacial score (nSPS) is 10.2. The molecule has 0 radical (unpaired) electrons. The third-order valence-electron chi connectivity index (χ3n) is 1.61. The van der Waals surface area contributed by atoms with Gasteiger partial charge in [-0.15, -0.1) is 5.46 Å². The van der Waals surface area contributed by atoms with Gasteiger partial charge in [-0.1, -0.05) is 17.7 Å². The zero-order valence-corrected chi connectivity index (χ0v) is 11.0. The van der Waals surface area contributed by atoms with Crippen LogP contribution in [0.15, 0.2) is 18.2 Å². The maximum absolute atomic E-state index is 12.2. The Kier molecular flexibility index (Phi) is 5.41. The summed E-state index contributed by atoms with van der Waals surface area (Å²) in [7, 11) is 0. The topological polar surface area (TPSA) is 23.8 Å². The summed E-state index contributed by atoms with van der Waals surface area (Å²) < 4.78 is 36.7. The Labute approximate surface area is 123 Å². The molecular weight excluding hydrogens is 217 g/mol. The van der Waals surface area contributed by atoms with Crippen molar-refractivity contribution in [1.29, 1.82) is 5.26 Å². The SMILES string of the molecule is Cc1cc(C#N)cc([B-](F)(F)F)c1.[K+]. The van der Waals surface area contributed by atoms with Gasteiger partial charge in [-0.3, -0.25) is 0 Å². The first-order valence-corrected chi connectivity index (χ1v) is 3.65. The molecule has 1 nitrogen and oxygen atoms in total. The minimum atomic E-state index is -5.00. The standard InChI is InChI=1S/C8H6BF3N.K/c1-6-2-7(5-13)4-8(3-6)9(10,11)12;/h2-4H,1H3;/q-1;+1. The summed E-state index contributed by atoms with van der Waals surface area (Å²) in [6.45, 7) is -3.47.